The second kappa shape index (κ2) is 15.9. The van der Waals surface area contributed by atoms with E-state index < -0.39 is 35.2 Å². The first kappa shape index (κ1) is 43.3. The maximum atomic E-state index is 14.4. The van der Waals surface area contributed by atoms with E-state index in [1.54, 1.807) is 34.9 Å². The van der Waals surface area contributed by atoms with Gasteiger partial charge in [0, 0.05) is 61.8 Å². The molecule has 11 aromatic rings. The molecule has 15 heteroatoms. The van der Waals surface area contributed by atoms with E-state index in [2.05, 4.69) is 4.98 Å². The van der Waals surface area contributed by atoms with E-state index in [-0.39, 0.29) is 27.6 Å². The molecule has 0 aliphatic carbocycles. The van der Waals surface area contributed by atoms with Gasteiger partial charge in [-0.3, -0.25) is 4.98 Å². The van der Waals surface area contributed by atoms with Crippen molar-refractivity contribution in [1.29, 1.82) is 0 Å². The lowest BCUT2D eigenvalue weighted by molar-refractivity contribution is -0.138. The summed E-state index contributed by atoms with van der Waals surface area (Å²) in [6, 6.07) is 40.4. The molecular formula is C54H31F9N6. The zero-order chi connectivity index (χ0) is 48.0. The van der Waals surface area contributed by atoms with E-state index in [0.717, 1.165) is 42.0 Å². The number of benzene rings is 7. The molecule has 0 saturated carbocycles. The normalized spacial score (nSPS) is 12.5. The quantitative estimate of drug-likeness (QED) is 0.156. The Labute approximate surface area is 385 Å². The van der Waals surface area contributed by atoms with Gasteiger partial charge in [0.25, 0.3) is 0 Å². The van der Waals surface area contributed by atoms with Crippen molar-refractivity contribution < 1.29 is 39.5 Å². The molecule has 0 amide bonds. The molecule has 0 fully saturated rings. The second-order valence-electron chi connectivity index (χ2n) is 16.5. The topological polar surface area (TPSA) is 61.4 Å². The van der Waals surface area contributed by atoms with Gasteiger partial charge in [-0.15, -0.1) is 0 Å². The number of rotatable bonds is 6. The minimum atomic E-state index is -4.80. The molecular weight excluding hydrogens is 904 g/mol. The number of hydrogen-bond donors (Lipinski definition) is 0. The lowest BCUT2D eigenvalue weighted by atomic mass is 10.00. The molecule has 69 heavy (non-hydrogen) atoms. The fraction of sp³-hybridized carbons (Fsp3) is 0.0741. The van der Waals surface area contributed by atoms with Gasteiger partial charge in [0.05, 0.1) is 50.1 Å². The van der Waals surface area contributed by atoms with E-state index in [0.29, 0.717) is 72.6 Å². The van der Waals surface area contributed by atoms with Crippen LogP contribution >= 0.6 is 0 Å². The molecule has 7 aromatic carbocycles. The van der Waals surface area contributed by atoms with E-state index >= 15 is 0 Å². The van der Waals surface area contributed by atoms with Crippen LogP contribution in [0.5, 0.6) is 0 Å². The van der Waals surface area contributed by atoms with Crippen molar-refractivity contribution in [3.05, 3.63) is 192 Å². The first-order valence-corrected chi connectivity index (χ1v) is 21.3. The van der Waals surface area contributed by atoms with Crippen LogP contribution in [0, 0.1) is 6.92 Å². The first-order valence-electron chi connectivity index (χ1n) is 21.3. The molecule has 0 spiro atoms. The molecule has 6 nitrogen and oxygen atoms in total. The highest BCUT2D eigenvalue weighted by Crippen LogP contribution is 2.45. The third kappa shape index (κ3) is 7.59. The summed E-state index contributed by atoms with van der Waals surface area (Å²) in [5, 5.41) is 0.703. The number of hydrogen-bond acceptors (Lipinski definition) is 4. The Morgan fingerprint density at radius 3 is 1.26 bits per heavy atom. The lowest BCUT2D eigenvalue weighted by Gasteiger charge is -2.19. The van der Waals surface area contributed by atoms with Crippen molar-refractivity contribution in [1.82, 2.24) is 29.1 Å². The molecule has 0 aliphatic heterocycles. The zero-order valence-corrected chi connectivity index (χ0v) is 35.8. The Morgan fingerprint density at radius 1 is 0.377 bits per heavy atom. The van der Waals surface area contributed by atoms with Crippen LogP contribution in [0.4, 0.5) is 39.5 Å². The van der Waals surface area contributed by atoms with Crippen molar-refractivity contribution in [3.63, 3.8) is 0 Å². The molecule has 340 valence electrons. The smallest absolute Gasteiger partial charge is 0.309 e. The van der Waals surface area contributed by atoms with Gasteiger partial charge in [-0.25, -0.2) is 15.0 Å². The Hall–Kier alpha value is -8.33. The van der Waals surface area contributed by atoms with Gasteiger partial charge < -0.3 is 9.13 Å². The molecule has 0 unspecified atom stereocenters. The van der Waals surface area contributed by atoms with Crippen LogP contribution < -0.4 is 0 Å². The van der Waals surface area contributed by atoms with Crippen molar-refractivity contribution in [2.24, 2.45) is 0 Å². The minimum Gasteiger partial charge on any atom is -0.309 e. The summed E-state index contributed by atoms with van der Waals surface area (Å²) in [6.45, 7) is 1.83. The summed E-state index contributed by atoms with van der Waals surface area (Å²) in [5.41, 5.74) is 2.70. The van der Waals surface area contributed by atoms with Gasteiger partial charge in [-0.2, -0.15) is 39.5 Å². The summed E-state index contributed by atoms with van der Waals surface area (Å²) < 4.78 is 132. The van der Waals surface area contributed by atoms with Gasteiger partial charge in [0.1, 0.15) is 0 Å². The molecule has 0 aliphatic rings. The Balaban J connectivity index is 1.23. The van der Waals surface area contributed by atoms with Gasteiger partial charge in [-0.1, -0.05) is 84.4 Å². The number of nitrogens with zero attached hydrogens (tertiary/aromatic N) is 6. The lowest BCUT2D eigenvalue weighted by Crippen LogP contribution is -2.06. The van der Waals surface area contributed by atoms with Crippen molar-refractivity contribution in [2.45, 2.75) is 25.5 Å². The maximum Gasteiger partial charge on any atom is 0.416 e. The zero-order valence-electron chi connectivity index (χ0n) is 35.8. The monoisotopic (exact) mass is 934 g/mol. The van der Waals surface area contributed by atoms with Crippen molar-refractivity contribution in [2.75, 3.05) is 0 Å². The van der Waals surface area contributed by atoms with Gasteiger partial charge in [0.15, 0.2) is 17.5 Å². The van der Waals surface area contributed by atoms with Gasteiger partial charge in [0.2, 0.25) is 0 Å². The average Bonchev–Trinajstić information content (AvgIpc) is 3.84. The van der Waals surface area contributed by atoms with Gasteiger partial charge >= 0.3 is 18.5 Å². The van der Waals surface area contributed by atoms with Crippen LogP contribution in [0.3, 0.4) is 0 Å². The number of pyridine rings is 1. The molecule has 0 saturated heterocycles. The maximum absolute atomic E-state index is 14.4. The molecule has 0 N–H and O–H groups in total. The summed E-state index contributed by atoms with van der Waals surface area (Å²) in [7, 11) is 0. The van der Waals surface area contributed by atoms with Crippen LogP contribution in [-0.2, 0) is 18.5 Å². The number of alkyl halides is 9. The predicted molar refractivity (Wildman–Crippen MR) is 248 cm³/mol. The number of aromatic nitrogens is 6. The first-order chi connectivity index (χ1) is 33.0. The van der Waals surface area contributed by atoms with Crippen LogP contribution in [0.15, 0.2) is 170 Å². The van der Waals surface area contributed by atoms with E-state index in [1.807, 2.05) is 84.3 Å². The highest BCUT2D eigenvalue weighted by atomic mass is 19.4. The Bertz CT molecular complexity index is 3690. The Morgan fingerprint density at radius 2 is 0.797 bits per heavy atom. The van der Waals surface area contributed by atoms with Crippen LogP contribution in [0.1, 0.15) is 22.3 Å². The highest BCUT2D eigenvalue weighted by Gasteiger charge is 2.35. The molecule has 0 bridgehead atoms. The SMILES string of the molecule is Cc1ccc2c(c1)c1cc(C(F)(F)F)ccc1n2-c1cc(-c2nc(-c3ccccc3)nc(-c3ccccc3)n2)ccc1-c1cnccc1-n1c2ccc(C(F)(F)F)cc2c2cc(C(F)(F)F)ccc21. The molecule has 11 rings (SSSR count). The largest absolute Gasteiger partial charge is 0.416 e. The third-order valence-electron chi connectivity index (χ3n) is 12.2. The summed E-state index contributed by atoms with van der Waals surface area (Å²) in [5.74, 6) is 1.02. The van der Waals surface area contributed by atoms with E-state index in [4.69, 9.17) is 15.0 Å². The molecule has 4 aromatic heterocycles. The number of halogens is 9. The molecule has 0 atom stereocenters. The van der Waals surface area contributed by atoms with Crippen LogP contribution in [-0.4, -0.2) is 29.1 Å². The third-order valence-corrected chi connectivity index (χ3v) is 12.2. The van der Waals surface area contributed by atoms with E-state index in [1.165, 1.54) is 30.6 Å². The number of fused-ring (bicyclic) bond motifs is 6. The van der Waals surface area contributed by atoms with Crippen molar-refractivity contribution >= 4 is 43.6 Å². The minimum absolute atomic E-state index is 0.0687. The molecule has 4 heterocycles. The average molecular weight is 935 g/mol. The fourth-order valence-corrected chi connectivity index (χ4v) is 9.02. The summed E-state index contributed by atoms with van der Waals surface area (Å²) in [4.78, 5) is 19.2. The number of aryl methyl sites for hydroxylation is 1. The standard InChI is InChI=1S/C54H31F9N6/c1-30-12-18-43-38(24-30)39-26-34(52(55,56)57)16-21-46(39)69(43)48-25-33(51-66-49(31-8-4-2-5-9-31)65-50(67-51)32-10-6-3-7-11-32)13-17-37(48)42-29-64-23-22-47(42)68-44-19-14-35(53(58,59)60)27-40(44)41-28-36(54(61,62)63)15-20-45(41)68/h2-29H,1H3. The van der Waals surface area contributed by atoms with Crippen LogP contribution in [0.25, 0.3) is 100 Å². The summed E-state index contributed by atoms with van der Waals surface area (Å²) in [6.07, 6.45) is -11.3. The van der Waals surface area contributed by atoms with E-state index in [9.17, 15) is 39.5 Å². The van der Waals surface area contributed by atoms with Crippen LogP contribution in [0.2, 0.25) is 0 Å². The van der Waals surface area contributed by atoms with Gasteiger partial charge in [-0.05, 0) is 85.8 Å². The highest BCUT2D eigenvalue weighted by molar-refractivity contribution is 6.12. The summed E-state index contributed by atoms with van der Waals surface area (Å²) >= 11 is 0. The molecule has 0 radical (unpaired) electrons. The van der Waals surface area contributed by atoms with Crippen molar-refractivity contribution in [3.8, 4) is 56.7 Å². The fourth-order valence-electron chi connectivity index (χ4n) is 9.02. The predicted octanol–water partition coefficient (Wildman–Crippen LogP) is 15.5. The second-order valence-corrected chi connectivity index (χ2v) is 16.5. The Kier molecular flexibility index (Phi) is 9.96.